The first-order chi connectivity index (χ1) is 13.0. The quantitative estimate of drug-likeness (QED) is 0.793. The third-order valence-corrected chi connectivity index (χ3v) is 6.39. The number of nitrogens with zero attached hydrogens (tertiary/aromatic N) is 2. The highest BCUT2D eigenvalue weighted by molar-refractivity contribution is 5.39. The van der Waals surface area contributed by atoms with Crippen LogP contribution in [-0.2, 0) is 6.42 Å². The molecule has 1 aromatic heterocycles. The number of allylic oxidation sites excluding steroid dienone is 5. The summed E-state index contributed by atoms with van der Waals surface area (Å²) in [5.41, 5.74) is 11.2. The normalized spacial score (nSPS) is 31.5. The van der Waals surface area contributed by atoms with Crippen molar-refractivity contribution in [3.8, 4) is 0 Å². The van der Waals surface area contributed by atoms with Gasteiger partial charge in [-0.2, -0.15) is 0 Å². The van der Waals surface area contributed by atoms with Crippen molar-refractivity contribution in [1.29, 1.82) is 0 Å². The van der Waals surface area contributed by atoms with E-state index in [0.29, 0.717) is 5.92 Å². The first kappa shape index (κ1) is 20.0. The minimum atomic E-state index is -0.408. The van der Waals surface area contributed by atoms with Gasteiger partial charge < -0.3 is 10.8 Å². The van der Waals surface area contributed by atoms with Gasteiger partial charge in [0.25, 0.3) is 0 Å². The molecule has 0 saturated heterocycles. The number of aliphatic hydroxyl groups is 1. The number of aliphatic hydroxyl groups excluding tert-OH is 1. The van der Waals surface area contributed by atoms with Gasteiger partial charge in [-0.1, -0.05) is 24.3 Å². The maximum atomic E-state index is 9.50. The van der Waals surface area contributed by atoms with Gasteiger partial charge in [0.05, 0.1) is 6.61 Å². The maximum Gasteiger partial charge on any atom is 0.115 e. The van der Waals surface area contributed by atoms with Crippen molar-refractivity contribution >= 4 is 0 Å². The van der Waals surface area contributed by atoms with Gasteiger partial charge in [0.2, 0.25) is 0 Å². The molecule has 0 radical (unpaired) electrons. The predicted octanol–water partition coefficient (Wildman–Crippen LogP) is 4.13. The van der Waals surface area contributed by atoms with E-state index in [2.05, 4.69) is 35.6 Å². The first-order valence-electron chi connectivity index (χ1n) is 10.2. The summed E-state index contributed by atoms with van der Waals surface area (Å²) >= 11 is 0. The number of aromatic nitrogens is 2. The molecule has 1 aromatic rings. The molecule has 0 amide bonds. The Kier molecular flexibility index (Phi) is 6.61. The lowest BCUT2D eigenvalue weighted by Gasteiger charge is -2.27. The molecule has 0 aliphatic heterocycles. The summed E-state index contributed by atoms with van der Waals surface area (Å²) in [6, 6.07) is 0. The Morgan fingerprint density at radius 1 is 1.33 bits per heavy atom. The molecule has 2 aliphatic carbocycles. The summed E-state index contributed by atoms with van der Waals surface area (Å²) in [6.45, 7) is 6.56. The average molecular weight is 368 g/mol. The molecular weight excluding hydrogens is 334 g/mol. The third-order valence-electron chi connectivity index (χ3n) is 6.39. The van der Waals surface area contributed by atoms with E-state index in [9.17, 15) is 5.11 Å². The van der Waals surface area contributed by atoms with Crippen LogP contribution in [0.15, 0.2) is 54.2 Å². The van der Waals surface area contributed by atoms with Gasteiger partial charge in [-0.25, -0.2) is 9.97 Å². The molecule has 3 atom stereocenters. The van der Waals surface area contributed by atoms with E-state index in [1.165, 1.54) is 35.1 Å². The fraction of sp³-hybridized carbons (Fsp3) is 0.565. The van der Waals surface area contributed by atoms with Gasteiger partial charge in [0.15, 0.2) is 0 Å². The molecule has 0 aromatic carbocycles. The Morgan fingerprint density at radius 2 is 2.11 bits per heavy atom. The van der Waals surface area contributed by atoms with E-state index in [1.807, 2.05) is 12.4 Å². The molecule has 4 nitrogen and oxygen atoms in total. The molecular formula is C23H33N3O. The standard InChI is InChI=1S/C23H33N3O/c1-3-20-11-18(4-5-19-13-25-16-26-14-19)6-7-21(20)10-17(2)22-8-9-23(24,12-22)15-27/h3,10,13-14,16,18,22,27H,2,4-9,11-12,15,24H2,1H3/b20-3-,21-10-/t18-,22-,23+/m0/s1. The molecule has 0 bridgehead atoms. The van der Waals surface area contributed by atoms with Crippen LogP contribution in [0.2, 0.25) is 0 Å². The molecule has 4 heteroatoms. The average Bonchev–Trinajstić information content (AvgIpc) is 3.11. The van der Waals surface area contributed by atoms with Crippen LogP contribution in [0.25, 0.3) is 0 Å². The highest BCUT2D eigenvalue weighted by atomic mass is 16.3. The Balaban J connectivity index is 1.57. The Morgan fingerprint density at radius 3 is 2.78 bits per heavy atom. The zero-order valence-corrected chi connectivity index (χ0v) is 16.5. The summed E-state index contributed by atoms with van der Waals surface area (Å²) < 4.78 is 0. The predicted molar refractivity (Wildman–Crippen MR) is 110 cm³/mol. The van der Waals surface area contributed by atoms with Crippen LogP contribution >= 0.6 is 0 Å². The Hall–Kier alpha value is -1.78. The van der Waals surface area contributed by atoms with Gasteiger partial charge in [-0.3, -0.25) is 0 Å². The van der Waals surface area contributed by atoms with Crippen molar-refractivity contribution in [3.05, 3.63) is 59.7 Å². The Bertz CT molecular complexity index is 710. The fourth-order valence-corrected chi connectivity index (χ4v) is 4.57. The summed E-state index contributed by atoms with van der Waals surface area (Å²) in [4.78, 5) is 8.22. The number of hydrogen-bond donors (Lipinski definition) is 2. The molecule has 1 heterocycles. The molecule has 0 unspecified atom stereocenters. The number of rotatable bonds is 6. The highest BCUT2D eigenvalue weighted by Crippen LogP contribution is 2.40. The maximum absolute atomic E-state index is 9.50. The van der Waals surface area contributed by atoms with Gasteiger partial charge in [-0.05, 0) is 86.8 Å². The minimum Gasteiger partial charge on any atom is -0.394 e. The van der Waals surface area contributed by atoms with E-state index in [4.69, 9.17) is 5.73 Å². The van der Waals surface area contributed by atoms with Crippen LogP contribution in [0.5, 0.6) is 0 Å². The van der Waals surface area contributed by atoms with Crippen molar-refractivity contribution in [2.45, 2.75) is 63.8 Å². The van der Waals surface area contributed by atoms with Crippen LogP contribution in [0.1, 0.15) is 57.4 Å². The lowest BCUT2D eigenvalue weighted by Crippen LogP contribution is -2.40. The smallest absolute Gasteiger partial charge is 0.115 e. The molecule has 146 valence electrons. The van der Waals surface area contributed by atoms with Crippen molar-refractivity contribution in [2.75, 3.05) is 6.61 Å². The van der Waals surface area contributed by atoms with Crippen LogP contribution in [0.4, 0.5) is 0 Å². The van der Waals surface area contributed by atoms with Gasteiger partial charge in [0.1, 0.15) is 6.33 Å². The van der Waals surface area contributed by atoms with Crippen molar-refractivity contribution < 1.29 is 5.11 Å². The lowest BCUT2D eigenvalue weighted by molar-refractivity contribution is 0.197. The third kappa shape index (κ3) is 5.14. The molecule has 3 rings (SSSR count). The van der Waals surface area contributed by atoms with Crippen LogP contribution in [0.3, 0.4) is 0 Å². The van der Waals surface area contributed by atoms with Crippen molar-refractivity contribution in [1.82, 2.24) is 9.97 Å². The summed E-state index contributed by atoms with van der Waals surface area (Å²) in [6.07, 6.45) is 18.5. The van der Waals surface area contributed by atoms with E-state index in [0.717, 1.165) is 44.4 Å². The second kappa shape index (κ2) is 8.94. The highest BCUT2D eigenvalue weighted by Gasteiger charge is 2.36. The molecule has 3 N–H and O–H groups in total. The molecule has 0 spiro atoms. The van der Waals surface area contributed by atoms with E-state index >= 15 is 0 Å². The van der Waals surface area contributed by atoms with Gasteiger partial charge in [-0.15, -0.1) is 0 Å². The van der Waals surface area contributed by atoms with Crippen LogP contribution in [0, 0.1) is 11.8 Å². The van der Waals surface area contributed by atoms with Crippen molar-refractivity contribution in [2.24, 2.45) is 17.6 Å². The van der Waals surface area contributed by atoms with Crippen LogP contribution in [-0.4, -0.2) is 27.2 Å². The summed E-state index contributed by atoms with van der Waals surface area (Å²) in [5.74, 6) is 1.13. The molecule has 2 aliphatic rings. The zero-order valence-electron chi connectivity index (χ0n) is 16.5. The zero-order chi connectivity index (χ0) is 19.3. The Labute approximate surface area is 163 Å². The molecule has 2 fully saturated rings. The van der Waals surface area contributed by atoms with E-state index < -0.39 is 5.54 Å². The number of hydrogen-bond acceptors (Lipinski definition) is 4. The minimum absolute atomic E-state index is 0.0710. The van der Waals surface area contributed by atoms with Gasteiger partial charge in [0, 0.05) is 17.9 Å². The fourth-order valence-electron chi connectivity index (χ4n) is 4.57. The largest absolute Gasteiger partial charge is 0.394 e. The molecule has 2 saturated carbocycles. The number of aryl methyl sites for hydroxylation is 1. The first-order valence-corrected chi connectivity index (χ1v) is 10.2. The SMILES string of the molecule is C=C(/C=C1/CC[C@H](CCc2cncnc2)C/C1=C/C)[C@H]1CC[C@](N)(CO)C1. The van der Waals surface area contributed by atoms with Crippen LogP contribution < -0.4 is 5.73 Å². The monoisotopic (exact) mass is 367 g/mol. The van der Waals surface area contributed by atoms with E-state index in [1.54, 1.807) is 6.33 Å². The van der Waals surface area contributed by atoms with Gasteiger partial charge >= 0.3 is 0 Å². The molecule has 27 heavy (non-hydrogen) atoms. The van der Waals surface area contributed by atoms with E-state index in [-0.39, 0.29) is 6.61 Å². The second-order valence-electron chi connectivity index (χ2n) is 8.41. The van der Waals surface area contributed by atoms with Crippen molar-refractivity contribution in [3.63, 3.8) is 0 Å². The number of nitrogens with two attached hydrogens (primary N) is 1. The lowest BCUT2D eigenvalue weighted by atomic mass is 9.78. The summed E-state index contributed by atoms with van der Waals surface area (Å²) in [5, 5.41) is 9.50. The summed E-state index contributed by atoms with van der Waals surface area (Å²) in [7, 11) is 0. The second-order valence-corrected chi connectivity index (χ2v) is 8.41. The topological polar surface area (TPSA) is 72.0 Å².